The number of hydrogen-bond acceptors (Lipinski definition) is 8. The average molecular weight is 540 g/mol. The van der Waals surface area contributed by atoms with Gasteiger partial charge in [-0.25, -0.2) is 22.5 Å². The molecule has 0 fully saturated rings. The molecular formula is C23H21F4N5O4S. The molecule has 0 aliphatic rings. The van der Waals surface area contributed by atoms with Gasteiger partial charge in [-0.2, -0.15) is 0 Å². The van der Waals surface area contributed by atoms with E-state index in [1.165, 1.54) is 65.7 Å². The number of carbonyl (C=O) groups excluding carboxylic acids is 3. The summed E-state index contributed by atoms with van der Waals surface area (Å²) in [6.45, 7) is 0.799. The third-order valence-electron chi connectivity index (χ3n) is 4.96. The Hall–Kier alpha value is -4.20. The standard InChI is InChI=1S/C23H21F4N5O4S/c1-11(22(29)35)32(14-6-4-13(24)5-7-14)23-31-21(28)18(37-23)17(34)12-2-8-15(9-3-12)36-10-16(33)30-20(27)19(25)26/h2-9,11,19-20H,10,28H2,1H3,(H2,29,35)(H,30,33). The molecule has 0 saturated heterocycles. The molecule has 0 radical (unpaired) electrons. The van der Waals surface area contributed by atoms with Crippen molar-refractivity contribution in [3.8, 4) is 5.75 Å². The zero-order valence-electron chi connectivity index (χ0n) is 19.2. The Morgan fingerprint density at radius 3 is 2.27 bits per heavy atom. The van der Waals surface area contributed by atoms with E-state index in [0.717, 1.165) is 11.3 Å². The van der Waals surface area contributed by atoms with Crippen molar-refractivity contribution in [2.75, 3.05) is 17.2 Å². The highest BCUT2D eigenvalue weighted by atomic mass is 32.1. The van der Waals surface area contributed by atoms with Crippen molar-refractivity contribution < 1.29 is 36.7 Å². The molecule has 5 N–H and O–H groups in total. The fraction of sp³-hybridized carbons (Fsp3) is 0.217. The summed E-state index contributed by atoms with van der Waals surface area (Å²) in [4.78, 5) is 42.1. The predicted molar refractivity (Wildman–Crippen MR) is 128 cm³/mol. The number of nitrogens with zero attached hydrogens (tertiary/aromatic N) is 2. The van der Waals surface area contributed by atoms with Gasteiger partial charge < -0.3 is 26.4 Å². The van der Waals surface area contributed by atoms with Gasteiger partial charge in [0.25, 0.3) is 12.3 Å². The van der Waals surface area contributed by atoms with Gasteiger partial charge in [-0.05, 0) is 55.5 Å². The van der Waals surface area contributed by atoms with Crippen molar-refractivity contribution in [3.05, 3.63) is 64.8 Å². The van der Waals surface area contributed by atoms with Gasteiger partial charge in [0, 0.05) is 11.3 Å². The van der Waals surface area contributed by atoms with Gasteiger partial charge >= 0.3 is 0 Å². The predicted octanol–water partition coefficient (Wildman–Crippen LogP) is 3.16. The number of hydrogen-bond donors (Lipinski definition) is 3. The number of primary amides is 1. The molecule has 0 saturated carbocycles. The lowest BCUT2D eigenvalue weighted by Gasteiger charge is -2.26. The summed E-state index contributed by atoms with van der Waals surface area (Å²) in [5.41, 5.74) is 12.0. The molecular weight excluding hydrogens is 518 g/mol. The zero-order chi connectivity index (χ0) is 27.3. The third kappa shape index (κ3) is 6.73. The molecule has 2 atom stereocenters. The number of thiazole rings is 1. The van der Waals surface area contributed by atoms with E-state index in [9.17, 15) is 31.9 Å². The van der Waals surface area contributed by atoms with Crippen LogP contribution >= 0.6 is 11.3 Å². The molecule has 0 bridgehead atoms. The van der Waals surface area contributed by atoms with Crippen LogP contribution < -0.4 is 26.4 Å². The first-order valence-electron chi connectivity index (χ1n) is 10.6. The maximum atomic E-state index is 13.4. The summed E-state index contributed by atoms with van der Waals surface area (Å²) < 4.78 is 55.7. The van der Waals surface area contributed by atoms with Crippen molar-refractivity contribution in [2.24, 2.45) is 5.73 Å². The Labute approximate surface area is 212 Å². The lowest BCUT2D eigenvalue weighted by Crippen LogP contribution is -2.39. The van der Waals surface area contributed by atoms with E-state index in [-0.39, 0.29) is 27.1 Å². The summed E-state index contributed by atoms with van der Waals surface area (Å²) in [7, 11) is 0. The molecule has 3 aromatic rings. The van der Waals surface area contributed by atoms with Crippen molar-refractivity contribution in [2.45, 2.75) is 25.7 Å². The van der Waals surface area contributed by atoms with Crippen LogP contribution in [0.15, 0.2) is 48.5 Å². The second-order valence-corrected chi connectivity index (χ2v) is 8.56. The molecule has 37 heavy (non-hydrogen) atoms. The number of benzene rings is 2. The number of aromatic nitrogens is 1. The summed E-state index contributed by atoms with van der Waals surface area (Å²) in [6.07, 6.45) is -6.17. The monoisotopic (exact) mass is 539 g/mol. The van der Waals surface area contributed by atoms with Crippen LogP contribution in [0.25, 0.3) is 0 Å². The van der Waals surface area contributed by atoms with E-state index < -0.39 is 48.8 Å². The maximum Gasteiger partial charge on any atom is 0.287 e. The van der Waals surface area contributed by atoms with Crippen molar-refractivity contribution in [3.63, 3.8) is 0 Å². The summed E-state index contributed by atoms with van der Waals surface area (Å²) >= 11 is 0.899. The van der Waals surface area contributed by atoms with Crippen LogP contribution in [0.4, 0.5) is 34.2 Å². The minimum atomic E-state index is -3.37. The molecule has 196 valence electrons. The number of halogens is 4. The number of carbonyl (C=O) groups is 3. The van der Waals surface area contributed by atoms with Gasteiger partial charge in [-0.1, -0.05) is 11.3 Å². The van der Waals surface area contributed by atoms with Crippen molar-refractivity contribution in [1.82, 2.24) is 10.3 Å². The van der Waals surface area contributed by atoms with Gasteiger partial charge in [0.05, 0.1) is 0 Å². The largest absolute Gasteiger partial charge is 0.484 e. The van der Waals surface area contributed by atoms with Crippen LogP contribution in [0.2, 0.25) is 0 Å². The number of nitrogens with two attached hydrogens (primary N) is 2. The number of ketones is 1. The Morgan fingerprint density at radius 1 is 1.08 bits per heavy atom. The minimum absolute atomic E-state index is 0.0628. The number of alkyl halides is 3. The lowest BCUT2D eigenvalue weighted by atomic mass is 10.1. The molecule has 2 unspecified atom stereocenters. The molecule has 0 aliphatic carbocycles. The van der Waals surface area contributed by atoms with Gasteiger partial charge in [-0.15, -0.1) is 0 Å². The maximum absolute atomic E-state index is 13.4. The molecule has 1 aromatic heterocycles. The lowest BCUT2D eigenvalue weighted by molar-refractivity contribution is -0.127. The molecule has 14 heteroatoms. The van der Waals surface area contributed by atoms with Gasteiger partial charge in [0.2, 0.25) is 18.0 Å². The van der Waals surface area contributed by atoms with E-state index in [2.05, 4.69) is 4.98 Å². The Bertz CT molecular complexity index is 1270. The van der Waals surface area contributed by atoms with Gasteiger partial charge in [0.15, 0.2) is 11.7 Å². The van der Waals surface area contributed by atoms with Crippen LogP contribution in [0, 0.1) is 5.82 Å². The Morgan fingerprint density at radius 2 is 1.70 bits per heavy atom. The smallest absolute Gasteiger partial charge is 0.287 e. The van der Waals surface area contributed by atoms with E-state index >= 15 is 0 Å². The molecule has 1 heterocycles. The van der Waals surface area contributed by atoms with Gasteiger partial charge in [-0.3, -0.25) is 14.4 Å². The van der Waals surface area contributed by atoms with Crippen LogP contribution in [0.1, 0.15) is 22.2 Å². The minimum Gasteiger partial charge on any atom is -0.484 e. The fourth-order valence-corrected chi connectivity index (χ4v) is 4.10. The highest BCUT2D eigenvalue weighted by molar-refractivity contribution is 7.18. The number of rotatable bonds is 11. The second-order valence-electron chi connectivity index (χ2n) is 7.58. The molecule has 2 amide bonds. The third-order valence-corrected chi connectivity index (χ3v) is 6.03. The first kappa shape index (κ1) is 27.4. The van der Waals surface area contributed by atoms with E-state index in [4.69, 9.17) is 16.2 Å². The highest BCUT2D eigenvalue weighted by Gasteiger charge is 2.27. The highest BCUT2D eigenvalue weighted by Crippen LogP contribution is 2.36. The van der Waals surface area contributed by atoms with Crippen LogP contribution in [-0.2, 0) is 9.59 Å². The number of amides is 2. The first-order chi connectivity index (χ1) is 17.5. The second kappa shape index (κ2) is 11.7. The number of nitrogens with one attached hydrogen (secondary N) is 1. The molecule has 0 spiro atoms. The van der Waals surface area contributed by atoms with E-state index in [0.29, 0.717) is 5.69 Å². The fourth-order valence-electron chi connectivity index (χ4n) is 3.06. The van der Waals surface area contributed by atoms with Crippen molar-refractivity contribution in [1.29, 1.82) is 0 Å². The molecule has 0 aliphatic heterocycles. The quantitative estimate of drug-likeness (QED) is 0.193. The first-order valence-corrected chi connectivity index (χ1v) is 11.4. The average Bonchev–Trinajstić information content (AvgIpc) is 3.24. The van der Waals surface area contributed by atoms with E-state index in [1.54, 1.807) is 0 Å². The van der Waals surface area contributed by atoms with Gasteiger partial charge in [0.1, 0.15) is 28.3 Å². The molecule has 9 nitrogen and oxygen atoms in total. The topological polar surface area (TPSA) is 141 Å². The summed E-state index contributed by atoms with van der Waals surface area (Å²) in [5.74, 6) is -2.76. The van der Waals surface area contributed by atoms with Crippen LogP contribution in [0.5, 0.6) is 5.75 Å². The SMILES string of the molecule is CC(C(N)=O)N(c1ccc(F)cc1)c1nc(N)c(C(=O)c2ccc(OCC(=O)NC(F)C(F)F)cc2)s1. The number of ether oxygens (including phenoxy) is 1. The Balaban J connectivity index is 1.77. The molecule has 3 rings (SSSR count). The Kier molecular flexibility index (Phi) is 8.65. The number of nitrogen functional groups attached to an aromatic ring is 1. The van der Waals surface area contributed by atoms with E-state index in [1.807, 2.05) is 0 Å². The number of anilines is 3. The van der Waals surface area contributed by atoms with Crippen LogP contribution in [0.3, 0.4) is 0 Å². The normalized spacial score (nSPS) is 12.6. The summed E-state index contributed by atoms with van der Waals surface area (Å²) in [6, 6.07) is 9.77. The summed E-state index contributed by atoms with van der Waals surface area (Å²) in [5, 5.41) is 1.62. The molecule has 2 aromatic carbocycles. The zero-order valence-corrected chi connectivity index (χ0v) is 20.0. The van der Waals surface area contributed by atoms with Crippen molar-refractivity contribution >= 4 is 45.6 Å². The van der Waals surface area contributed by atoms with Crippen LogP contribution in [-0.4, -0.2) is 48.0 Å².